The molecular formula is C52H54O2Zr. The zero-order chi connectivity index (χ0) is 37.6. The first-order valence-corrected chi connectivity index (χ1v) is 20.2. The van der Waals surface area contributed by atoms with Gasteiger partial charge in [0.2, 0.25) is 0 Å². The third-order valence-electron chi connectivity index (χ3n) is 11.2. The van der Waals surface area contributed by atoms with Crippen LogP contribution >= 0.6 is 0 Å². The molecule has 3 heteroatoms. The van der Waals surface area contributed by atoms with Gasteiger partial charge in [-0.05, 0) is 84.0 Å². The molecule has 278 valence electrons. The van der Waals surface area contributed by atoms with Gasteiger partial charge in [-0.15, -0.1) is 57.9 Å². The van der Waals surface area contributed by atoms with Gasteiger partial charge in [0.05, 0.1) is 23.0 Å². The minimum absolute atomic E-state index is 0. The quantitative estimate of drug-likeness (QED) is 0.115. The molecule has 0 aliphatic rings. The van der Waals surface area contributed by atoms with Gasteiger partial charge in [-0.25, -0.2) is 0 Å². The van der Waals surface area contributed by atoms with Crippen LogP contribution in [0, 0.1) is 0 Å². The van der Waals surface area contributed by atoms with Crippen LogP contribution < -0.4 is 0 Å². The molecule has 0 saturated carbocycles. The van der Waals surface area contributed by atoms with Crippen molar-refractivity contribution in [2.75, 3.05) is 0 Å². The van der Waals surface area contributed by atoms with Crippen LogP contribution in [0.15, 0.2) is 142 Å². The summed E-state index contributed by atoms with van der Waals surface area (Å²) in [6, 6.07) is 48.6. The molecule has 0 amide bonds. The maximum absolute atomic E-state index is 6.04. The van der Waals surface area contributed by atoms with Gasteiger partial charge in [-0.2, -0.15) is 0 Å². The molecule has 55 heavy (non-hydrogen) atoms. The summed E-state index contributed by atoms with van der Waals surface area (Å²) >= 11 is 0. The Morgan fingerprint density at radius 3 is 1.25 bits per heavy atom. The monoisotopic (exact) mass is 800 g/mol. The molecule has 0 fully saturated rings. The number of furan rings is 2. The summed E-state index contributed by atoms with van der Waals surface area (Å²) in [7, 11) is 0. The Kier molecular flexibility index (Phi) is 13.5. The van der Waals surface area contributed by atoms with Crippen molar-refractivity contribution in [3.05, 3.63) is 156 Å². The van der Waals surface area contributed by atoms with E-state index in [1.165, 1.54) is 67.8 Å². The van der Waals surface area contributed by atoms with Crippen molar-refractivity contribution in [3.63, 3.8) is 0 Å². The van der Waals surface area contributed by atoms with Gasteiger partial charge in [-0.3, -0.25) is 0 Å². The van der Waals surface area contributed by atoms with Gasteiger partial charge in [0, 0.05) is 12.8 Å². The van der Waals surface area contributed by atoms with Crippen molar-refractivity contribution < 1.29 is 35.0 Å². The molecule has 0 spiro atoms. The Morgan fingerprint density at radius 1 is 0.491 bits per heavy atom. The van der Waals surface area contributed by atoms with E-state index in [0.29, 0.717) is 11.8 Å². The summed E-state index contributed by atoms with van der Waals surface area (Å²) in [6.07, 6.45) is 6.54. The van der Waals surface area contributed by atoms with Crippen molar-refractivity contribution in [1.82, 2.24) is 0 Å². The summed E-state index contributed by atoms with van der Waals surface area (Å²) in [5, 5.41) is 5.11. The van der Waals surface area contributed by atoms with Gasteiger partial charge in [0.15, 0.2) is 0 Å². The number of benzene rings is 4. The van der Waals surface area contributed by atoms with E-state index in [0.717, 1.165) is 59.9 Å². The Hall–Kier alpha value is -4.46. The topological polar surface area (TPSA) is 26.3 Å². The molecule has 6 aromatic carbocycles. The molecule has 2 unspecified atom stereocenters. The molecule has 0 aliphatic carbocycles. The van der Waals surface area contributed by atoms with E-state index in [2.05, 4.69) is 175 Å². The zero-order valence-electron chi connectivity index (χ0n) is 33.4. The molecule has 2 heterocycles. The van der Waals surface area contributed by atoms with Gasteiger partial charge < -0.3 is 8.83 Å². The molecule has 2 aromatic heterocycles. The van der Waals surface area contributed by atoms with Crippen LogP contribution in [0.2, 0.25) is 0 Å². The number of fused-ring (bicyclic) bond motifs is 2. The Labute approximate surface area is 347 Å². The van der Waals surface area contributed by atoms with Crippen molar-refractivity contribution in [1.29, 1.82) is 0 Å². The number of aryl methyl sites for hydroxylation is 2. The van der Waals surface area contributed by atoms with E-state index in [9.17, 15) is 0 Å². The molecule has 0 saturated heterocycles. The fraction of sp³-hybridized carbons (Fsp3) is 0.269. The molecule has 0 N–H and O–H groups in total. The average molecular weight is 802 g/mol. The van der Waals surface area contributed by atoms with Gasteiger partial charge in [0.1, 0.15) is 0 Å². The van der Waals surface area contributed by atoms with E-state index in [-0.39, 0.29) is 26.2 Å². The normalized spacial score (nSPS) is 12.3. The standard InChI is InChI=1S/2C26H27O.Zr/c2*1-4-7-23-14-15-26(27-23)22-16-21-8-6-9-24(25(21)17-22)20-12-10-19(11-13-20)18(3)5-2;/h2*6,8-18H,4-5,7H2,1-3H3;/q2*-1;+2. The Balaban J connectivity index is 0.000000184. The first-order chi connectivity index (χ1) is 26.4. The number of hydrogen-bond acceptors (Lipinski definition) is 2. The van der Waals surface area contributed by atoms with E-state index in [1.807, 2.05) is 0 Å². The zero-order valence-corrected chi connectivity index (χ0v) is 35.9. The average Bonchev–Trinajstić information content (AvgIpc) is 4.04. The Bertz CT molecular complexity index is 2240. The Morgan fingerprint density at radius 2 is 0.891 bits per heavy atom. The van der Waals surface area contributed by atoms with Gasteiger partial charge in [-0.1, -0.05) is 137 Å². The first kappa shape index (κ1) is 40.2. The molecule has 2 atom stereocenters. The summed E-state index contributed by atoms with van der Waals surface area (Å²) < 4.78 is 12.1. The predicted octanol–water partition coefficient (Wildman–Crippen LogP) is 15.9. The second-order valence-corrected chi connectivity index (χ2v) is 15.0. The maximum atomic E-state index is 6.04. The van der Waals surface area contributed by atoms with Crippen LogP contribution in [-0.2, 0) is 39.0 Å². The molecule has 0 aliphatic heterocycles. The SMILES string of the molecule is CCCc1ccc(-c2cc3c(-c4ccc(C(C)CC)cc4)cccc3[cH-]2)o1.CCCc1ccc(-c2cc3c(-c4ccc(C(C)CC)cc4)cccc3[cH-]2)o1.[Zr+2]. The summed E-state index contributed by atoms with van der Waals surface area (Å²) in [5.74, 6) is 5.28. The van der Waals surface area contributed by atoms with Gasteiger partial charge >= 0.3 is 26.2 Å². The molecule has 8 rings (SSSR count). The second kappa shape index (κ2) is 18.5. The molecule has 8 aromatic rings. The smallest absolute Gasteiger partial charge is 0.496 e. The van der Waals surface area contributed by atoms with Crippen LogP contribution in [0.3, 0.4) is 0 Å². The summed E-state index contributed by atoms with van der Waals surface area (Å²) in [6.45, 7) is 13.4. The molecule has 2 nitrogen and oxygen atoms in total. The maximum Gasteiger partial charge on any atom is 2.00 e. The van der Waals surface area contributed by atoms with E-state index in [1.54, 1.807) is 0 Å². The van der Waals surface area contributed by atoms with Crippen molar-refractivity contribution in [2.45, 2.75) is 91.9 Å². The number of rotatable bonds is 12. The van der Waals surface area contributed by atoms with E-state index >= 15 is 0 Å². The fourth-order valence-electron chi connectivity index (χ4n) is 7.54. The third kappa shape index (κ3) is 9.00. The van der Waals surface area contributed by atoms with Crippen LogP contribution in [-0.4, -0.2) is 0 Å². The predicted molar refractivity (Wildman–Crippen MR) is 231 cm³/mol. The van der Waals surface area contributed by atoms with E-state index < -0.39 is 0 Å². The van der Waals surface area contributed by atoms with Crippen molar-refractivity contribution in [3.8, 4) is 44.9 Å². The van der Waals surface area contributed by atoms with Crippen molar-refractivity contribution in [2.24, 2.45) is 0 Å². The second-order valence-electron chi connectivity index (χ2n) is 15.0. The molecule has 0 bridgehead atoms. The summed E-state index contributed by atoms with van der Waals surface area (Å²) in [5.41, 5.74) is 10.3. The van der Waals surface area contributed by atoms with Crippen LogP contribution in [0.25, 0.3) is 66.4 Å². The third-order valence-corrected chi connectivity index (χ3v) is 11.2. The van der Waals surface area contributed by atoms with Crippen LogP contribution in [0.5, 0.6) is 0 Å². The van der Waals surface area contributed by atoms with Gasteiger partial charge in [0.25, 0.3) is 0 Å². The minimum Gasteiger partial charge on any atom is -0.496 e. The largest absolute Gasteiger partial charge is 2.00 e. The molecule has 0 radical (unpaired) electrons. The van der Waals surface area contributed by atoms with Crippen LogP contribution in [0.4, 0.5) is 0 Å². The summed E-state index contributed by atoms with van der Waals surface area (Å²) in [4.78, 5) is 0. The first-order valence-electron chi connectivity index (χ1n) is 20.2. The fourth-order valence-corrected chi connectivity index (χ4v) is 7.54. The molecular weight excluding hydrogens is 748 g/mol. The van der Waals surface area contributed by atoms with Crippen LogP contribution in [0.1, 0.15) is 102 Å². The van der Waals surface area contributed by atoms with E-state index in [4.69, 9.17) is 8.83 Å². The minimum atomic E-state index is 0. The number of hydrogen-bond donors (Lipinski definition) is 0. The van der Waals surface area contributed by atoms with Crippen molar-refractivity contribution >= 4 is 21.5 Å².